The fourth-order valence-electron chi connectivity index (χ4n) is 3.72. The number of piperazine rings is 1. The van der Waals surface area contributed by atoms with Gasteiger partial charge in [0.2, 0.25) is 0 Å². The van der Waals surface area contributed by atoms with Crippen LogP contribution in [0.4, 0.5) is 4.39 Å². The van der Waals surface area contributed by atoms with Crippen LogP contribution in [0, 0.1) is 5.82 Å². The third kappa shape index (κ3) is 3.92. The minimum Gasteiger partial charge on any atom is -0.328 e. The lowest BCUT2D eigenvalue weighted by Gasteiger charge is -2.33. The summed E-state index contributed by atoms with van der Waals surface area (Å²) in [6.45, 7) is 9.26. The van der Waals surface area contributed by atoms with E-state index in [-0.39, 0.29) is 5.82 Å². The first kappa shape index (κ1) is 16.7. The molecule has 0 N–H and O–H groups in total. The lowest BCUT2D eigenvalue weighted by atomic mass is 10.2. The minimum absolute atomic E-state index is 0.175. The van der Waals surface area contributed by atoms with Gasteiger partial charge in [-0.15, -0.1) is 0 Å². The van der Waals surface area contributed by atoms with E-state index in [1.165, 1.54) is 17.8 Å². The number of aromatic nitrogens is 2. The van der Waals surface area contributed by atoms with Gasteiger partial charge in [0.05, 0.1) is 12.2 Å². The van der Waals surface area contributed by atoms with Gasteiger partial charge < -0.3 is 9.47 Å². The summed E-state index contributed by atoms with van der Waals surface area (Å²) in [6, 6.07) is 6.81. The molecule has 6 heteroatoms. The normalized spacial score (nSPS) is 19.9. The zero-order valence-corrected chi connectivity index (χ0v) is 14.9. The molecule has 0 aliphatic carbocycles. The van der Waals surface area contributed by atoms with Crippen LogP contribution in [0.1, 0.15) is 17.1 Å². The minimum atomic E-state index is -0.175. The summed E-state index contributed by atoms with van der Waals surface area (Å²) in [4.78, 5) is 12.0. The third-order valence-electron chi connectivity index (χ3n) is 5.33. The van der Waals surface area contributed by atoms with Gasteiger partial charge in [-0.1, -0.05) is 12.1 Å². The van der Waals surface area contributed by atoms with Crippen molar-refractivity contribution in [3.05, 3.63) is 53.4 Å². The van der Waals surface area contributed by atoms with E-state index in [2.05, 4.69) is 37.5 Å². The van der Waals surface area contributed by atoms with Crippen molar-refractivity contribution in [1.29, 1.82) is 0 Å². The van der Waals surface area contributed by atoms with Crippen LogP contribution in [-0.4, -0.2) is 64.0 Å². The molecular weight excluding hydrogens is 317 g/mol. The molecule has 1 fully saturated rings. The molecule has 0 radical (unpaired) electrons. The number of halogens is 1. The second-order valence-corrected chi connectivity index (χ2v) is 7.23. The van der Waals surface area contributed by atoms with E-state index in [1.807, 2.05) is 12.1 Å². The molecule has 0 unspecified atom stereocenters. The SMILES string of the molecule is CN1CCN(Cc2cnc3n2CCN(Cc2ccc(F)cc2)C3)CC1. The predicted molar refractivity (Wildman–Crippen MR) is 95.5 cm³/mol. The lowest BCUT2D eigenvalue weighted by molar-refractivity contribution is 0.143. The molecule has 1 saturated heterocycles. The number of rotatable bonds is 4. The number of hydrogen-bond donors (Lipinski definition) is 0. The van der Waals surface area contributed by atoms with E-state index in [1.54, 1.807) is 0 Å². The molecule has 25 heavy (non-hydrogen) atoms. The number of likely N-dealkylation sites (N-methyl/N-ethyl adjacent to an activating group) is 1. The average molecular weight is 343 g/mol. The number of hydrogen-bond acceptors (Lipinski definition) is 4. The second-order valence-electron chi connectivity index (χ2n) is 7.23. The lowest BCUT2D eigenvalue weighted by Crippen LogP contribution is -2.44. The van der Waals surface area contributed by atoms with Gasteiger partial charge in [0.15, 0.2) is 0 Å². The fourth-order valence-corrected chi connectivity index (χ4v) is 3.72. The second kappa shape index (κ2) is 7.23. The molecule has 134 valence electrons. The van der Waals surface area contributed by atoms with Crippen LogP contribution in [0.15, 0.2) is 30.5 Å². The van der Waals surface area contributed by atoms with Crippen LogP contribution in [0.3, 0.4) is 0 Å². The molecular formula is C19H26FN5. The summed E-state index contributed by atoms with van der Waals surface area (Å²) < 4.78 is 15.4. The highest BCUT2D eigenvalue weighted by atomic mass is 19.1. The highest BCUT2D eigenvalue weighted by molar-refractivity contribution is 5.16. The molecule has 2 aliphatic rings. The molecule has 2 aliphatic heterocycles. The van der Waals surface area contributed by atoms with Crippen LogP contribution in [0.2, 0.25) is 0 Å². The van der Waals surface area contributed by atoms with Gasteiger partial charge in [0, 0.05) is 58.6 Å². The summed E-state index contributed by atoms with van der Waals surface area (Å²) in [6.07, 6.45) is 2.05. The Balaban J connectivity index is 1.37. The molecule has 4 rings (SSSR count). The van der Waals surface area contributed by atoms with Gasteiger partial charge in [0.25, 0.3) is 0 Å². The van der Waals surface area contributed by atoms with Crippen LogP contribution >= 0.6 is 0 Å². The maximum atomic E-state index is 13.0. The first-order valence-electron chi connectivity index (χ1n) is 9.08. The highest BCUT2D eigenvalue weighted by Crippen LogP contribution is 2.18. The topological polar surface area (TPSA) is 27.5 Å². The molecule has 3 heterocycles. The van der Waals surface area contributed by atoms with E-state index in [0.717, 1.165) is 70.3 Å². The highest BCUT2D eigenvalue weighted by Gasteiger charge is 2.22. The Hall–Kier alpha value is -1.76. The average Bonchev–Trinajstić information content (AvgIpc) is 3.01. The zero-order valence-electron chi connectivity index (χ0n) is 14.9. The van der Waals surface area contributed by atoms with Gasteiger partial charge in [-0.05, 0) is 24.7 Å². The zero-order chi connectivity index (χ0) is 17.2. The number of imidazole rings is 1. The monoisotopic (exact) mass is 343 g/mol. The maximum absolute atomic E-state index is 13.0. The Labute approximate surface area is 148 Å². The molecule has 0 atom stereocenters. The van der Waals surface area contributed by atoms with Gasteiger partial charge in [0.1, 0.15) is 11.6 Å². The molecule has 2 aromatic rings. The van der Waals surface area contributed by atoms with Crippen LogP contribution in [-0.2, 0) is 26.2 Å². The number of nitrogens with zero attached hydrogens (tertiary/aromatic N) is 5. The van der Waals surface area contributed by atoms with Crippen molar-refractivity contribution < 1.29 is 4.39 Å². The van der Waals surface area contributed by atoms with Gasteiger partial charge in [-0.3, -0.25) is 9.80 Å². The third-order valence-corrected chi connectivity index (χ3v) is 5.33. The first-order chi connectivity index (χ1) is 12.2. The molecule has 1 aromatic carbocycles. The van der Waals surface area contributed by atoms with E-state index in [9.17, 15) is 4.39 Å². The molecule has 0 bridgehead atoms. The van der Waals surface area contributed by atoms with Crippen molar-refractivity contribution in [2.45, 2.75) is 26.2 Å². The summed E-state index contributed by atoms with van der Waals surface area (Å²) in [5, 5.41) is 0. The van der Waals surface area contributed by atoms with Crippen molar-refractivity contribution in [3.8, 4) is 0 Å². The molecule has 0 spiro atoms. The van der Waals surface area contributed by atoms with Crippen LogP contribution in [0.5, 0.6) is 0 Å². The maximum Gasteiger partial charge on any atom is 0.123 e. The summed E-state index contributed by atoms with van der Waals surface area (Å²) in [5.74, 6) is 0.976. The Morgan fingerprint density at radius 3 is 2.40 bits per heavy atom. The molecule has 5 nitrogen and oxygen atoms in total. The smallest absolute Gasteiger partial charge is 0.123 e. The summed E-state index contributed by atoms with van der Waals surface area (Å²) in [5.41, 5.74) is 2.49. The predicted octanol–water partition coefficient (Wildman–Crippen LogP) is 1.79. The van der Waals surface area contributed by atoms with E-state index in [0.29, 0.717) is 0 Å². The van der Waals surface area contributed by atoms with E-state index >= 15 is 0 Å². The fraction of sp³-hybridized carbons (Fsp3) is 0.526. The number of benzene rings is 1. The Morgan fingerprint density at radius 1 is 0.920 bits per heavy atom. The quantitative estimate of drug-likeness (QED) is 0.846. The van der Waals surface area contributed by atoms with Gasteiger partial charge in [-0.2, -0.15) is 0 Å². The molecule has 0 saturated carbocycles. The van der Waals surface area contributed by atoms with Crippen molar-refractivity contribution in [3.63, 3.8) is 0 Å². The Morgan fingerprint density at radius 2 is 1.64 bits per heavy atom. The Bertz CT molecular complexity index is 703. The van der Waals surface area contributed by atoms with Crippen molar-refractivity contribution >= 4 is 0 Å². The Kier molecular flexibility index (Phi) is 4.83. The first-order valence-corrected chi connectivity index (χ1v) is 9.08. The van der Waals surface area contributed by atoms with Gasteiger partial charge in [-0.25, -0.2) is 9.37 Å². The van der Waals surface area contributed by atoms with Crippen molar-refractivity contribution in [2.75, 3.05) is 39.8 Å². The van der Waals surface area contributed by atoms with E-state index < -0.39 is 0 Å². The summed E-state index contributed by atoms with van der Waals surface area (Å²) >= 11 is 0. The van der Waals surface area contributed by atoms with Crippen molar-refractivity contribution in [1.82, 2.24) is 24.3 Å². The largest absolute Gasteiger partial charge is 0.328 e. The van der Waals surface area contributed by atoms with Gasteiger partial charge >= 0.3 is 0 Å². The van der Waals surface area contributed by atoms with Crippen molar-refractivity contribution in [2.24, 2.45) is 0 Å². The van der Waals surface area contributed by atoms with Crippen LogP contribution in [0.25, 0.3) is 0 Å². The van der Waals surface area contributed by atoms with E-state index in [4.69, 9.17) is 0 Å². The summed E-state index contributed by atoms with van der Waals surface area (Å²) in [7, 11) is 2.19. The number of fused-ring (bicyclic) bond motifs is 1. The standard InChI is InChI=1S/C19H26FN5/c1-22-6-8-23(9-7-22)14-18-12-21-19-15-24(10-11-25(18)19)13-16-2-4-17(20)5-3-16/h2-5,12H,6-11,13-15H2,1H3. The van der Waals surface area contributed by atoms with Crippen LogP contribution < -0.4 is 0 Å². The molecule has 1 aromatic heterocycles. The molecule has 0 amide bonds.